The molecule has 1 atom stereocenters. The molecule has 5 rings (SSSR count). The Morgan fingerprint density at radius 2 is 1.67 bits per heavy atom. The van der Waals surface area contributed by atoms with Gasteiger partial charge in [-0.1, -0.05) is 49.6 Å². The van der Waals surface area contributed by atoms with Gasteiger partial charge in [0.2, 0.25) is 11.8 Å². The first-order valence-corrected chi connectivity index (χ1v) is 13.5. The number of ether oxygens (including phenoxy) is 2. The van der Waals surface area contributed by atoms with Crippen LogP contribution in [0.15, 0.2) is 79.0 Å². The molecule has 2 N–H and O–H groups in total. The Hall–Kier alpha value is -4.26. The highest BCUT2D eigenvalue weighted by atomic mass is 16.5. The van der Waals surface area contributed by atoms with E-state index in [1.807, 2.05) is 79.0 Å². The molecule has 1 fully saturated rings. The van der Waals surface area contributed by atoms with E-state index in [0.29, 0.717) is 22.7 Å². The summed E-state index contributed by atoms with van der Waals surface area (Å²) < 4.78 is 10.9. The number of para-hydroxylation sites is 1. The second-order valence-corrected chi connectivity index (χ2v) is 10.0. The van der Waals surface area contributed by atoms with Crippen LogP contribution in [-0.4, -0.2) is 37.1 Å². The first kappa shape index (κ1) is 26.4. The standard InChI is InChI=1S/C32H35N3O4/c1-38-26-17-15-25(16-18-26)35(30(36)20-23-21-33-29-14-7-6-13-28(23)29)31(22-9-8-12-27(19-22)39-2)32(37)34-24-10-4-3-5-11-24/h6-9,12-19,21,24,31,33H,3-5,10-11,20H2,1-2H3,(H,34,37). The summed E-state index contributed by atoms with van der Waals surface area (Å²) in [5.41, 5.74) is 3.15. The Balaban J connectivity index is 1.57. The minimum atomic E-state index is -0.881. The zero-order valence-corrected chi connectivity index (χ0v) is 22.5. The lowest BCUT2D eigenvalue weighted by molar-refractivity contribution is -0.127. The van der Waals surface area contributed by atoms with Crippen molar-refractivity contribution >= 4 is 28.4 Å². The zero-order chi connectivity index (χ0) is 27.2. The summed E-state index contributed by atoms with van der Waals surface area (Å²) in [5.74, 6) is 0.920. The number of benzene rings is 3. The van der Waals surface area contributed by atoms with Gasteiger partial charge >= 0.3 is 0 Å². The Kier molecular flexibility index (Phi) is 8.16. The van der Waals surface area contributed by atoms with Crippen LogP contribution in [0.2, 0.25) is 0 Å². The van der Waals surface area contributed by atoms with Crippen molar-refractivity contribution in [3.63, 3.8) is 0 Å². The van der Waals surface area contributed by atoms with Crippen molar-refractivity contribution in [1.82, 2.24) is 10.3 Å². The number of methoxy groups -OCH3 is 2. The smallest absolute Gasteiger partial charge is 0.248 e. The molecule has 7 nitrogen and oxygen atoms in total. The Bertz CT molecular complexity index is 1420. The van der Waals surface area contributed by atoms with Gasteiger partial charge in [-0.15, -0.1) is 0 Å². The van der Waals surface area contributed by atoms with Crippen LogP contribution in [0.3, 0.4) is 0 Å². The predicted octanol–water partition coefficient (Wildman–Crippen LogP) is 5.95. The molecule has 1 unspecified atom stereocenters. The molecule has 4 aromatic rings. The molecule has 1 aliphatic carbocycles. The van der Waals surface area contributed by atoms with Crippen LogP contribution in [0, 0.1) is 0 Å². The largest absolute Gasteiger partial charge is 0.497 e. The van der Waals surface area contributed by atoms with Crippen LogP contribution in [-0.2, 0) is 16.0 Å². The SMILES string of the molecule is COc1ccc(N(C(=O)Cc2c[nH]c3ccccc23)C(C(=O)NC2CCCCC2)c2cccc(OC)c2)cc1. The van der Waals surface area contributed by atoms with Crippen LogP contribution in [0.5, 0.6) is 11.5 Å². The maximum atomic E-state index is 14.2. The Labute approximate surface area is 229 Å². The van der Waals surface area contributed by atoms with E-state index in [1.54, 1.807) is 19.1 Å². The number of aromatic nitrogens is 1. The van der Waals surface area contributed by atoms with Crippen LogP contribution >= 0.6 is 0 Å². The molecule has 0 saturated heterocycles. The van der Waals surface area contributed by atoms with Gasteiger partial charge in [0.1, 0.15) is 17.5 Å². The van der Waals surface area contributed by atoms with Crippen LogP contribution in [0.25, 0.3) is 10.9 Å². The summed E-state index contributed by atoms with van der Waals surface area (Å²) in [6.45, 7) is 0. The summed E-state index contributed by atoms with van der Waals surface area (Å²) in [5, 5.41) is 4.26. The number of hydrogen-bond acceptors (Lipinski definition) is 4. The van der Waals surface area contributed by atoms with Gasteiger partial charge in [0.25, 0.3) is 0 Å². The van der Waals surface area contributed by atoms with Crippen molar-refractivity contribution in [2.75, 3.05) is 19.1 Å². The van der Waals surface area contributed by atoms with E-state index in [0.717, 1.165) is 42.1 Å². The molecule has 1 saturated carbocycles. The number of H-pyrrole nitrogens is 1. The van der Waals surface area contributed by atoms with Gasteiger partial charge in [-0.2, -0.15) is 0 Å². The third kappa shape index (κ3) is 5.93. The van der Waals surface area contributed by atoms with E-state index >= 15 is 0 Å². The maximum Gasteiger partial charge on any atom is 0.248 e. The van der Waals surface area contributed by atoms with Gasteiger partial charge in [-0.3, -0.25) is 14.5 Å². The van der Waals surface area contributed by atoms with E-state index in [-0.39, 0.29) is 24.3 Å². The molecular weight excluding hydrogens is 490 g/mol. The molecule has 3 aromatic carbocycles. The topological polar surface area (TPSA) is 83.7 Å². The lowest BCUT2D eigenvalue weighted by atomic mass is 9.94. The molecule has 1 heterocycles. The average molecular weight is 526 g/mol. The summed E-state index contributed by atoms with van der Waals surface area (Å²) in [6, 6.07) is 21.8. The highest BCUT2D eigenvalue weighted by Crippen LogP contribution is 2.33. The third-order valence-corrected chi connectivity index (χ3v) is 7.50. The van der Waals surface area contributed by atoms with Crippen LogP contribution < -0.4 is 19.7 Å². The van der Waals surface area contributed by atoms with Crippen molar-refractivity contribution in [3.05, 3.63) is 90.1 Å². The fraction of sp³-hybridized carbons (Fsp3) is 0.312. The number of carbonyl (C=O) groups is 2. The van der Waals surface area contributed by atoms with Crippen LogP contribution in [0.1, 0.15) is 49.3 Å². The Morgan fingerprint density at radius 3 is 2.41 bits per heavy atom. The number of hydrogen-bond donors (Lipinski definition) is 2. The fourth-order valence-corrected chi connectivity index (χ4v) is 5.46. The van der Waals surface area contributed by atoms with E-state index in [9.17, 15) is 9.59 Å². The number of nitrogens with zero attached hydrogens (tertiary/aromatic N) is 1. The number of amides is 2. The van der Waals surface area contributed by atoms with Gasteiger partial charge in [-0.25, -0.2) is 0 Å². The quantitative estimate of drug-likeness (QED) is 0.283. The molecular formula is C32H35N3O4. The number of aromatic amines is 1. The molecule has 202 valence electrons. The molecule has 0 spiro atoms. The molecule has 0 aliphatic heterocycles. The average Bonchev–Trinajstić information content (AvgIpc) is 3.39. The molecule has 0 bridgehead atoms. The molecule has 39 heavy (non-hydrogen) atoms. The normalized spacial score (nSPS) is 14.5. The summed E-state index contributed by atoms with van der Waals surface area (Å²) in [6.07, 6.45) is 7.27. The van der Waals surface area contributed by atoms with Crippen LogP contribution in [0.4, 0.5) is 5.69 Å². The van der Waals surface area contributed by atoms with Gasteiger partial charge < -0.3 is 19.8 Å². The second-order valence-electron chi connectivity index (χ2n) is 10.0. The number of anilines is 1. The number of carbonyl (C=O) groups excluding carboxylic acids is 2. The fourth-order valence-electron chi connectivity index (χ4n) is 5.46. The number of nitrogens with one attached hydrogen (secondary N) is 2. The van der Waals surface area contributed by atoms with Gasteiger partial charge in [0, 0.05) is 28.8 Å². The van der Waals surface area contributed by atoms with Gasteiger partial charge in [0.05, 0.1) is 20.6 Å². The lowest BCUT2D eigenvalue weighted by Gasteiger charge is -2.33. The Morgan fingerprint density at radius 1 is 0.923 bits per heavy atom. The minimum absolute atomic E-state index is 0.0980. The molecule has 7 heteroatoms. The predicted molar refractivity (Wildman–Crippen MR) is 153 cm³/mol. The van der Waals surface area contributed by atoms with Crippen molar-refractivity contribution in [1.29, 1.82) is 0 Å². The van der Waals surface area contributed by atoms with Crippen molar-refractivity contribution < 1.29 is 19.1 Å². The highest BCUT2D eigenvalue weighted by Gasteiger charge is 2.34. The third-order valence-electron chi connectivity index (χ3n) is 7.50. The lowest BCUT2D eigenvalue weighted by Crippen LogP contribution is -2.47. The van der Waals surface area contributed by atoms with Crippen molar-refractivity contribution in [2.45, 2.75) is 50.6 Å². The minimum Gasteiger partial charge on any atom is -0.497 e. The molecule has 1 aliphatic rings. The molecule has 0 radical (unpaired) electrons. The van der Waals surface area contributed by atoms with Crippen molar-refractivity contribution in [2.24, 2.45) is 0 Å². The monoisotopic (exact) mass is 525 g/mol. The zero-order valence-electron chi connectivity index (χ0n) is 22.5. The molecule has 1 aromatic heterocycles. The van der Waals surface area contributed by atoms with Gasteiger partial charge in [-0.05, 0) is 66.4 Å². The first-order chi connectivity index (χ1) is 19.1. The summed E-state index contributed by atoms with van der Waals surface area (Å²) in [7, 11) is 3.20. The number of fused-ring (bicyclic) bond motifs is 1. The van der Waals surface area contributed by atoms with E-state index in [1.165, 1.54) is 6.42 Å². The van der Waals surface area contributed by atoms with Crippen molar-refractivity contribution in [3.8, 4) is 11.5 Å². The second kappa shape index (κ2) is 12.1. The van der Waals surface area contributed by atoms with E-state index in [4.69, 9.17) is 9.47 Å². The first-order valence-electron chi connectivity index (χ1n) is 13.5. The maximum absolute atomic E-state index is 14.2. The highest BCUT2D eigenvalue weighted by molar-refractivity contribution is 6.03. The molecule has 2 amide bonds. The summed E-state index contributed by atoms with van der Waals surface area (Å²) in [4.78, 5) is 33.2. The van der Waals surface area contributed by atoms with E-state index in [2.05, 4.69) is 10.3 Å². The van der Waals surface area contributed by atoms with Gasteiger partial charge in [0.15, 0.2) is 0 Å². The number of rotatable bonds is 9. The van der Waals surface area contributed by atoms with E-state index < -0.39 is 6.04 Å². The summed E-state index contributed by atoms with van der Waals surface area (Å²) >= 11 is 0.